The number of nitrogens with one attached hydrogen (secondary N) is 1. The molecule has 0 aliphatic carbocycles. The van der Waals surface area contributed by atoms with Crippen molar-refractivity contribution in [3.8, 4) is 16.8 Å². The van der Waals surface area contributed by atoms with E-state index in [9.17, 15) is 4.79 Å². The molecule has 0 aliphatic heterocycles. The van der Waals surface area contributed by atoms with Gasteiger partial charge in [0.15, 0.2) is 0 Å². The number of carbonyl (C=O) groups excluding carboxylic acids is 1. The van der Waals surface area contributed by atoms with Crippen molar-refractivity contribution in [3.05, 3.63) is 84.9 Å². The molecule has 30 heavy (non-hydrogen) atoms. The van der Waals surface area contributed by atoms with Crippen molar-refractivity contribution in [2.24, 2.45) is 0 Å². The summed E-state index contributed by atoms with van der Waals surface area (Å²) in [7, 11) is 0. The lowest BCUT2D eigenvalue weighted by Crippen LogP contribution is -2.26. The zero-order valence-corrected chi connectivity index (χ0v) is 17.4. The van der Waals surface area contributed by atoms with E-state index in [4.69, 9.17) is 0 Å². The molecule has 1 N–H and O–H groups in total. The van der Waals surface area contributed by atoms with Gasteiger partial charge in [0.1, 0.15) is 5.69 Å². The molecule has 0 fully saturated rings. The highest BCUT2D eigenvalue weighted by molar-refractivity contribution is 7.26. The average molecular weight is 412 g/mol. The molecule has 0 aliphatic rings. The largest absolute Gasteiger partial charge is 0.351 e. The number of thiophene rings is 1. The van der Waals surface area contributed by atoms with Crippen LogP contribution in [0.1, 0.15) is 23.8 Å². The van der Waals surface area contributed by atoms with E-state index < -0.39 is 0 Å². The summed E-state index contributed by atoms with van der Waals surface area (Å²) in [5.74, 6) is -0.105. The monoisotopic (exact) mass is 411 g/mol. The van der Waals surface area contributed by atoms with Crippen LogP contribution < -0.4 is 5.32 Å². The first-order chi connectivity index (χ1) is 14.8. The van der Waals surface area contributed by atoms with Crippen LogP contribution in [0.5, 0.6) is 0 Å². The summed E-state index contributed by atoms with van der Waals surface area (Å²) in [5.41, 5.74) is 3.79. The van der Waals surface area contributed by atoms with Gasteiger partial charge in [-0.25, -0.2) is 4.98 Å². The van der Waals surface area contributed by atoms with Crippen molar-refractivity contribution >= 4 is 37.4 Å². The maximum atomic E-state index is 12.5. The summed E-state index contributed by atoms with van der Waals surface area (Å²) >= 11 is 1.82. The third kappa shape index (κ3) is 3.17. The lowest BCUT2D eigenvalue weighted by atomic mass is 10.0. The van der Waals surface area contributed by atoms with Crippen LogP contribution in [0.4, 0.5) is 0 Å². The van der Waals surface area contributed by atoms with Gasteiger partial charge < -0.3 is 5.32 Å². The van der Waals surface area contributed by atoms with E-state index in [0.29, 0.717) is 12.2 Å². The number of aromatic nitrogens is 2. The predicted octanol–water partition coefficient (Wildman–Crippen LogP) is 6.05. The Balaban J connectivity index is 1.61. The fourth-order valence-electron chi connectivity index (χ4n) is 3.80. The summed E-state index contributed by atoms with van der Waals surface area (Å²) in [5, 5.41) is 5.50. The normalized spacial score (nSPS) is 11.2. The molecule has 1 amide bonds. The Morgan fingerprint density at radius 1 is 1.03 bits per heavy atom. The van der Waals surface area contributed by atoms with Crippen LogP contribution in [0.2, 0.25) is 0 Å². The Bertz CT molecular complexity index is 1370. The lowest BCUT2D eigenvalue weighted by molar-refractivity contribution is 0.0947. The number of carbonyl (C=O) groups is 1. The molecule has 5 aromatic rings. The quantitative estimate of drug-likeness (QED) is 0.383. The molecular formula is C25H21N3OS. The van der Waals surface area contributed by atoms with E-state index in [1.54, 1.807) is 12.5 Å². The van der Waals surface area contributed by atoms with E-state index in [1.165, 1.54) is 25.7 Å². The Morgan fingerprint density at radius 3 is 2.77 bits per heavy atom. The minimum Gasteiger partial charge on any atom is -0.351 e. The van der Waals surface area contributed by atoms with Gasteiger partial charge in [0.05, 0.1) is 12.5 Å². The van der Waals surface area contributed by atoms with Crippen LogP contribution in [0.3, 0.4) is 0 Å². The van der Waals surface area contributed by atoms with Crippen LogP contribution in [0.15, 0.2) is 79.3 Å². The second-order valence-corrected chi connectivity index (χ2v) is 8.29. The van der Waals surface area contributed by atoms with E-state index >= 15 is 0 Å². The number of hydrogen-bond acceptors (Lipinski definition) is 3. The summed E-state index contributed by atoms with van der Waals surface area (Å²) in [4.78, 5) is 16.7. The van der Waals surface area contributed by atoms with Gasteiger partial charge >= 0.3 is 0 Å². The minimum absolute atomic E-state index is 0.105. The lowest BCUT2D eigenvalue weighted by Gasteiger charge is -2.11. The highest BCUT2D eigenvalue weighted by atomic mass is 32.1. The molecule has 0 bridgehead atoms. The molecule has 0 saturated carbocycles. The van der Waals surface area contributed by atoms with E-state index in [-0.39, 0.29) is 5.91 Å². The molecule has 148 valence electrons. The zero-order valence-electron chi connectivity index (χ0n) is 16.6. The number of fused-ring (bicyclic) bond motifs is 3. The molecule has 2 aromatic heterocycles. The fraction of sp³-hybridized carbons (Fsp3) is 0.120. The van der Waals surface area contributed by atoms with Gasteiger partial charge in [-0.1, -0.05) is 55.5 Å². The number of imidazole rings is 1. The van der Waals surface area contributed by atoms with Gasteiger partial charge in [-0.05, 0) is 35.7 Å². The number of benzene rings is 3. The average Bonchev–Trinajstić information content (AvgIpc) is 3.42. The second kappa shape index (κ2) is 7.76. The Morgan fingerprint density at radius 2 is 1.87 bits per heavy atom. The first kappa shape index (κ1) is 18.6. The molecule has 5 heteroatoms. The molecule has 2 heterocycles. The second-order valence-electron chi connectivity index (χ2n) is 7.24. The third-order valence-electron chi connectivity index (χ3n) is 5.25. The molecule has 3 aromatic carbocycles. The highest BCUT2D eigenvalue weighted by Gasteiger charge is 2.14. The van der Waals surface area contributed by atoms with Gasteiger partial charge in [0.25, 0.3) is 5.91 Å². The maximum Gasteiger partial charge on any atom is 0.269 e. The van der Waals surface area contributed by atoms with E-state index in [1.807, 2.05) is 35.0 Å². The van der Waals surface area contributed by atoms with Crippen molar-refractivity contribution in [2.45, 2.75) is 13.3 Å². The predicted molar refractivity (Wildman–Crippen MR) is 125 cm³/mol. The topological polar surface area (TPSA) is 46.9 Å². The molecular weight excluding hydrogens is 390 g/mol. The Labute approximate surface area is 178 Å². The minimum atomic E-state index is -0.105. The number of rotatable bonds is 5. The van der Waals surface area contributed by atoms with E-state index in [2.05, 4.69) is 64.9 Å². The SMILES string of the molecule is CCCNC(=O)c1cncn1-c1cccc(-c2cccc3c2sc2ccccc23)c1. The standard InChI is InChI=1S/C25H21N3OS/c1-2-13-27-25(29)22-15-26-16-28(22)18-8-5-7-17(14-18)19-10-6-11-21-20-9-3-4-12-23(20)30-24(19)21/h3-12,14-16H,2,13H2,1H3,(H,27,29). The summed E-state index contributed by atoms with van der Waals surface area (Å²) in [6.45, 7) is 2.69. The van der Waals surface area contributed by atoms with Crippen molar-refractivity contribution in [2.75, 3.05) is 6.54 Å². The highest BCUT2D eigenvalue weighted by Crippen LogP contribution is 2.40. The van der Waals surface area contributed by atoms with Crippen LogP contribution in [0, 0.1) is 0 Å². The van der Waals surface area contributed by atoms with Crippen molar-refractivity contribution < 1.29 is 4.79 Å². The summed E-state index contributed by atoms with van der Waals surface area (Å²) in [6, 6.07) is 23.3. The molecule has 0 spiro atoms. The smallest absolute Gasteiger partial charge is 0.269 e. The number of amides is 1. The van der Waals surface area contributed by atoms with Crippen LogP contribution in [0.25, 0.3) is 37.0 Å². The number of hydrogen-bond donors (Lipinski definition) is 1. The molecule has 4 nitrogen and oxygen atoms in total. The van der Waals surface area contributed by atoms with Gasteiger partial charge in [-0.3, -0.25) is 9.36 Å². The van der Waals surface area contributed by atoms with Gasteiger partial charge in [-0.15, -0.1) is 11.3 Å². The van der Waals surface area contributed by atoms with Crippen LogP contribution >= 0.6 is 11.3 Å². The Kier molecular flexibility index (Phi) is 4.81. The third-order valence-corrected chi connectivity index (χ3v) is 6.47. The molecule has 0 saturated heterocycles. The van der Waals surface area contributed by atoms with Gasteiger partial charge in [0.2, 0.25) is 0 Å². The van der Waals surface area contributed by atoms with Gasteiger partial charge in [0, 0.05) is 32.4 Å². The molecule has 5 rings (SSSR count). The van der Waals surface area contributed by atoms with Gasteiger partial charge in [-0.2, -0.15) is 0 Å². The first-order valence-corrected chi connectivity index (χ1v) is 10.9. The maximum absolute atomic E-state index is 12.5. The molecule has 0 unspecified atom stereocenters. The summed E-state index contributed by atoms with van der Waals surface area (Å²) < 4.78 is 4.42. The number of nitrogens with zero attached hydrogens (tertiary/aromatic N) is 2. The Hall–Kier alpha value is -3.44. The van der Waals surface area contributed by atoms with Crippen LogP contribution in [-0.4, -0.2) is 22.0 Å². The fourth-order valence-corrected chi connectivity index (χ4v) is 5.03. The van der Waals surface area contributed by atoms with Crippen molar-refractivity contribution in [1.82, 2.24) is 14.9 Å². The zero-order chi connectivity index (χ0) is 20.5. The van der Waals surface area contributed by atoms with Crippen molar-refractivity contribution in [1.29, 1.82) is 0 Å². The van der Waals surface area contributed by atoms with Crippen molar-refractivity contribution in [3.63, 3.8) is 0 Å². The molecule has 0 atom stereocenters. The first-order valence-electron chi connectivity index (χ1n) is 10.1. The van der Waals surface area contributed by atoms with Crippen LogP contribution in [-0.2, 0) is 0 Å². The summed E-state index contributed by atoms with van der Waals surface area (Å²) in [6.07, 6.45) is 4.21. The van der Waals surface area contributed by atoms with E-state index in [0.717, 1.165) is 17.7 Å². The molecule has 0 radical (unpaired) electrons.